The lowest BCUT2D eigenvalue weighted by atomic mass is 10.2. The van der Waals surface area contributed by atoms with Crippen LogP contribution in [-0.2, 0) is 16.1 Å². The third-order valence-corrected chi connectivity index (χ3v) is 2.43. The molecule has 0 aliphatic carbocycles. The Hall–Kier alpha value is -1.46. The minimum absolute atomic E-state index is 0.0362. The number of pyridine rings is 1. The second-order valence-corrected chi connectivity index (χ2v) is 4.22. The Kier molecular flexibility index (Phi) is 6.32. The van der Waals surface area contributed by atoms with Gasteiger partial charge < -0.3 is 9.84 Å². The van der Waals surface area contributed by atoms with Crippen molar-refractivity contribution in [3.63, 3.8) is 0 Å². The zero-order valence-corrected chi connectivity index (χ0v) is 10.9. The summed E-state index contributed by atoms with van der Waals surface area (Å²) in [4.78, 5) is 17.1. The summed E-state index contributed by atoms with van der Waals surface area (Å²) in [5.41, 5.74) is 1.12. The van der Waals surface area contributed by atoms with Crippen LogP contribution in [0.4, 0.5) is 0 Å². The molecule has 0 bridgehead atoms. The number of hydrogen-bond acceptors (Lipinski definition) is 5. The molecule has 18 heavy (non-hydrogen) atoms. The summed E-state index contributed by atoms with van der Waals surface area (Å²) < 4.78 is 4.79. The molecular formula is C13H20N2O3. The van der Waals surface area contributed by atoms with Crippen LogP contribution in [0.2, 0.25) is 0 Å². The van der Waals surface area contributed by atoms with Gasteiger partial charge in [-0.2, -0.15) is 0 Å². The standard InChI is InChI=1S/C13H20N2O3/c1-3-18-13(17)8-12(16)10-15(2)9-11-4-6-14-7-5-11/h4-7,12,16H,3,8-10H2,1-2H3. The highest BCUT2D eigenvalue weighted by Crippen LogP contribution is 2.03. The van der Waals surface area contributed by atoms with Crippen LogP contribution < -0.4 is 0 Å². The van der Waals surface area contributed by atoms with Crippen molar-refractivity contribution < 1.29 is 14.6 Å². The number of aliphatic hydroxyl groups is 1. The smallest absolute Gasteiger partial charge is 0.308 e. The molecule has 1 heterocycles. The zero-order chi connectivity index (χ0) is 13.4. The first-order chi connectivity index (χ1) is 8.61. The Labute approximate surface area is 107 Å². The van der Waals surface area contributed by atoms with Gasteiger partial charge in [0.25, 0.3) is 0 Å². The van der Waals surface area contributed by atoms with Gasteiger partial charge in [-0.3, -0.25) is 14.7 Å². The Morgan fingerprint density at radius 3 is 2.78 bits per heavy atom. The molecule has 0 amide bonds. The largest absolute Gasteiger partial charge is 0.466 e. The number of likely N-dealkylation sites (N-methyl/N-ethyl adjacent to an activating group) is 1. The van der Waals surface area contributed by atoms with Gasteiger partial charge in [0.1, 0.15) is 0 Å². The van der Waals surface area contributed by atoms with E-state index in [2.05, 4.69) is 4.98 Å². The van der Waals surface area contributed by atoms with Crippen LogP contribution >= 0.6 is 0 Å². The number of nitrogens with zero attached hydrogens (tertiary/aromatic N) is 2. The monoisotopic (exact) mass is 252 g/mol. The third kappa shape index (κ3) is 5.75. The number of carbonyl (C=O) groups is 1. The topological polar surface area (TPSA) is 62.7 Å². The summed E-state index contributed by atoms with van der Waals surface area (Å²) in [6.45, 7) is 3.24. The minimum atomic E-state index is -0.698. The molecule has 0 aliphatic heterocycles. The highest BCUT2D eigenvalue weighted by atomic mass is 16.5. The summed E-state index contributed by atoms with van der Waals surface area (Å²) in [6, 6.07) is 3.85. The number of rotatable bonds is 7. The van der Waals surface area contributed by atoms with Crippen molar-refractivity contribution in [2.24, 2.45) is 0 Å². The van der Waals surface area contributed by atoms with Crippen molar-refractivity contribution in [1.29, 1.82) is 0 Å². The average Bonchev–Trinajstić information content (AvgIpc) is 2.29. The van der Waals surface area contributed by atoms with Crippen LogP contribution in [0.3, 0.4) is 0 Å². The van der Waals surface area contributed by atoms with E-state index in [1.54, 1.807) is 19.3 Å². The number of esters is 1. The maximum atomic E-state index is 11.2. The lowest BCUT2D eigenvalue weighted by Gasteiger charge is -2.20. The minimum Gasteiger partial charge on any atom is -0.466 e. The van der Waals surface area contributed by atoms with Crippen molar-refractivity contribution in [2.75, 3.05) is 20.2 Å². The van der Waals surface area contributed by atoms with Crippen LogP contribution in [0.1, 0.15) is 18.9 Å². The van der Waals surface area contributed by atoms with Crippen molar-refractivity contribution >= 4 is 5.97 Å². The van der Waals surface area contributed by atoms with Crippen LogP contribution in [-0.4, -0.2) is 47.3 Å². The van der Waals surface area contributed by atoms with Crippen LogP contribution in [0.25, 0.3) is 0 Å². The quantitative estimate of drug-likeness (QED) is 0.728. The van der Waals surface area contributed by atoms with Gasteiger partial charge in [0.05, 0.1) is 19.1 Å². The number of aromatic nitrogens is 1. The molecule has 1 rings (SSSR count). The summed E-state index contributed by atoms with van der Waals surface area (Å²) in [6.07, 6.45) is 2.81. The van der Waals surface area contributed by atoms with Gasteiger partial charge in [-0.05, 0) is 31.7 Å². The number of hydrogen-bond donors (Lipinski definition) is 1. The normalized spacial score (nSPS) is 12.4. The molecule has 5 heteroatoms. The molecule has 1 aromatic rings. The molecule has 1 unspecified atom stereocenters. The molecule has 0 saturated carbocycles. The molecule has 1 aromatic heterocycles. The highest BCUT2D eigenvalue weighted by molar-refractivity contribution is 5.69. The summed E-state index contributed by atoms with van der Waals surface area (Å²) in [7, 11) is 1.90. The van der Waals surface area contributed by atoms with Gasteiger partial charge in [0, 0.05) is 25.5 Å². The number of aliphatic hydroxyl groups excluding tert-OH is 1. The molecule has 1 atom stereocenters. The van der Waals surface area contributed by atoms with Crippen LogP contribution in [0.15, 0.2) is 24.5 Å². The zero-order valence-electron chi connectivity index (χ0n) is 10.9. The van der Waals surface area contributed by atoms with Crippen molar-refractivity contribution in [2.45, 2.75) is 26.0 Å². The highest BCUT2D eigenvalue weighted by Gasteiger charge is 2.13. The van der Waals surface area contributed by atoms with Gasteiger partial charge in [0.15, 0.2) is 0 Å². The summed E-state index contributed by atoms with van der Waals surface area (Å²) >= 11 is 0. The van der Waals surface area contributed by atoms with Gasteiger partial charge in [-0.25, -0.2) is 0 Å². The summed E-state index contributed by atoms with van der Waals surface area (Å²) in [5.74, 6) is -0.359. The maximum Gasteiger partial charge on any atom is 0.308 e. The van der Waals surface area contributed by atoms with E-state index in [0.29, 0.717) is 19.7 Å². The van der Waals surface area contributed by atoms with Gasteiger partial charge in [-0.1, -0.05) is 0 Å². The van der Waals surface area contributed by atoms with Gasteiger partial charge in [0.2, 0.25) is 0 Å². The molecule has 1 N–H and O–H groups in total. The maximum absolute atomic E-state index is 11.2. The van der Waals surface area contributed by atoms with E-state index >= 15 is 0 Å². The van der Waals surface area contributed by atoms with E-state index in [1.165, 1.54) is 0 Å². The number of ether oxygens (including phenoxy) is 1. The molecule has 5 nitrogen and oxygen atoms in total. The second-order valence-electron chi connectivity index (χ2n) is 4.22. The molecule has 0 spiro atoms. The van der Waals surface area contributed by atoms with E-state index in [9.17, 15) is 9.90 Å². The molecule has 0 aliphatic rings. The predicted molar refractivity (Wildman–Crippen MR) is 67.8 cm³/mol. The molecule has 0 saturated heterocycles. The first kappa shape index (κ1) is 14.6. The SMILES string of the molecule is CCOC(=O)CC(O)CN(C)Cc1ccncc1. The summed E-state index contributed by atoms with van der Waals surface area (Å²) in [5, 5.41) is 9.74. The van der Waals surface area contributed by atoms with E-state index in [4.69, 9.17) is 4.74 Å². The lowest BCUT2D eigenvalue weighted by molar-refractivity contribution is -0.145. The number of carbonyl (C=O) groups excluding carboxylic acids is 1. The van der Waals surface area contributed by atoms with Crippen LogP contribution in [0, 0.1) is 0 Å². The van der Waals surface area contributed by atoms with Gasteiger partial charge >= 0.3 is 5.97 Å². The van der Waals surface area contributed by atoms with E-state index < -0.39 is 6.10 Å². The van der Waals surface area contributed by atoms with Crippen molar-refractivity contribution in [1.82, 2.24) is 9.88 Å². The molecule has 0 aromatic carbocycles. The molecule has 0 radical (unpaired) electrons. The third-order valence-electron chi connectivity index (χ3n) is 2.43. The van der Waals surface area contributed by atoms with Crippen molar-refractivity contribution in [3.8, 4) is 0 Å². The fourth-order valence-corrected chi connectivity index (χ4v) is 1.70. The Bertz CT molecular complexity index is 357. The van der Waals surface area contributed by atoms with Crippen LogP contribution in [0.5, 0.6) is 0 Å². The Morgan fingerprint density at radius 1 is 1.50 bits per heavy atom. The Morgan fingerprint density at radius 2 is 2.17 bits per heavy atom. The van der Waals surface area contributed by atoms with E-state index in [-0.39, 0.29) is 12.4 Å². The fraction of sp³-hybridized carbons (Fsp3) is 0.538. The predicted octanol–water partition coefficient (Wildman–Crippen LogP) is 0.827. The first-order valence-electron chi connectivity index (χ1n) is 6.03. The average molecular weight is 252 g/mol. The molecule has 0 fully saturated rings. The molecule has 100 valence electrons. The Balaban J connectivity index is 2.31. The lowest BCUT2D eigenvalue weighted by Crippen LogP contribution is -2.30. The first-order valence-corrected chi connectivity index (χ1v) is 6.03. The fourth-order valence-electron chi connectivity index (χ4n) is 1.70. The molecular weight excluding hydrogens is 232 g/mol. The van der Waals surface area contributed by atoms with Crippen molar-refractivity contribution in [3.05, 3.63) is 30.1 Å². The van der Waals surface area contributed by atoms with E-state index in [0.717, 1.165) is 5.56 Å². The van der Waals surface area contributed by atoms with E-state index in [1.807, 2.05) is 24.1 Å². The van der Waals surface area contributed by atoms with Gasteiger partial charge in [-0.15, -0.1) is 0 Å². The second kappa shape index (κ2) is 7.79.